The number of nitrogens with two attached hydrogens (primary N) is 1. The standard InChI is InChI=1S/C18H29N3O.2ClH/c1-18(2,3)9-10-20-11-13-21(14-12-20)17(22)16(19)15-7-5-4-6-8-15;;/h4-8,16H,9-14,19H2,1-3H3;2*1H. The first kappa shape index (κ1) is 23.2. The molecular formula is C18H31Cl2N3O. The van der Waals surface area contributed by atoms with E-state index in [1.54, 1.807) is 0 Å². The molecule has 2 N–H and O–H groups in total. The van der Waals surface area contributed by atoms with Crippen molar-refractivity contribution in [2.45, 2.75) is 33.2 Å². The minimum absolute atomic E-state index is 0. The van der Waals surface area contributed by atoms with Crippen LogP contribution in [0, 0.1) is 5.41 Å². The van der Waals surface area contributed by atoms with Crippen LogP contribution in [-0.2, 0) is 4.79 Å². The third-order valence-corrected chi connectivity index (χ3v) is 4.29. The topological polar surface area (TPSA) is 49.6 Å². The molecule has 0 saturated carbocycles. The molecule has 1 saturated heterocycles. The van der Waals surface area contributed by atoms with Crippen molar-refractivity contribution in [1.82, 2.24) is 9.80 Å². The molecule has 1 amide bonds. The molecule has 0 aromatic heterocycles. The zero-order valence-electron chi connectivity index (χ0n) is 14.9. The number of hydrogen-bond acceptors (Lipinski definition) is 3. The van der Waals surface area contributed by atoms with Gasteiger partial charge in [-0.15, -0.1) is 24.8 Å². The minimum Gasteiger partial charge on any atom is -0.338 e. The number of benzene rings is 1. The fraction of sp³-hybridized carbons (Fsp3) is 0.611. The molecule has 1 aliphatic rings. The van der Waals surface area contributed by atoms with Crippen molar-refractivity contribution in [3.63, 3.8) is 0 Å². The van der Waals surface area contributed by atoms with E-state index >= 15 is 0 Å². The number of piperazine rings is 1. The number of amides is 1. The summed E-state index contributed by atoms with van der Waals surface area (Å²) in [5.74, 6) is 0.0432. The van der Waals surface area contributed by atoms with Gasteiger partial charge in [-0.05, 0) is 23.9 Å². The van der Waals surface area contributed by atoms with Gasteiger partial charge in [-0.25, -0.2) is 0 Å². The van der Waals surface area contributed by atoms with Crippen LogP contribution in [-0.4, -0.2) is 48.4 Å². The lowest BCUT2D eigenvalue weighted by Gasteiger charge is -2.37. The Bertz CT molecular complexity index is 483. The van der Waals surface area contributed by atoms with Crippen LogP contribution in [0.5, 0.6) is 0 Å². The predicted octanol–water partition coefficient (Wildman–Crippen LogP) is 3.11. The molecule has 1 aliphatic heterocycles. The van der Waals surface area contributed by atoms with Crippen molar-refractivity contribution >= 4 is 30.7 Å². The first-order chi connectivity index (χ1) is 10.4. The maximum Gasteiger partial charge on any atom is 0.244 e. The van der Waals surface area contributed by atoms with Gasteiger partial charge in [0.15, 0.2) is 0 Å². The van der Waals surface area contributed by atoms with E-state index in [9.17, 15) is 4.79 Å². The average Bonchev–Trinajstić information content (AvgIpc) is 2.52. The molecular weight excluding hydrogens is 345 g/mol. The van der Waals surface area contributed by atoms with Crippen molar-refractivity contribution in [3.8, 4) is 0 Å². The molecule has 138 valence electrons. The summed E-state index contributed by atoms with van der Waals surface area (Å²) in [6.07, 6.45) is 1.18. The SMILES string of the molecule is CC(C)(C)CCN1CCN(C(=O)C(N)c2ccccc2)CC1.Cl.Cl. The van der Waals surface area contributed by atoms with Crippen LogP contribution < -0.4 is 5.73 Å². The zero-order chi connectivity index (χ0) is 16.2. The summed E-state index contributed by atoms with van der Waals surface area (Å²) in [6.45, 7) is 11.4. The van der Waals surface area contributed by atoms with Gasteiger partial charge < -0.3 is 10.6 Å². The monoisotopic (exact) mass is 375 g/mol. The fourth-order valence-electron chi connectivity index (χ4n) is 2.69. The molecule has 1 fully saturated rings. The van der Waals surface area contributed by atoms with E-state index in [4.69, 9.17) is 5.73 Å². The number of nitrogens with zero attached hydrogens (tertiary/aromatic N) is 2. The molecule has 0 aliphatic carbocycles. The minimum atomic E-state index is -0.540. The highest BCUT2D eigenvalue weighted by molar-refractivity contribution is 5.85. The summed E-state index contributed by atoms with van der Waals surface area (Å²) in [6, 6.07) is 9.08. The van der Waals surface area contributed by atoms with E-state index in [-0.39, 0.29) is 30.7 Å². The third kappa shape index (κ3) is 6.98. The van der Waals surface area contributed by atoms with Crippen molar-refractivity contribution < 1.29 is 4.79 Å². The van der Waals surface area contributed by atoms with Crippen molar-refractivity contribution in [2.24, 2.45) is 11.1 Å². The van der Waals surface area contributed by atoms with Gasteiger partial charge in [0.2, 0.25) is 5.91 Å². The second kappa shape index (κ2) is 10.2. The number of rotatable bonds is 4. The molecule has 1 atom stereocenters. The lowest BCUT2D eigenvalue weighted by molar-refractivity contribution is -0.134. The Hall–Kier alpha value is -0.810. The highest BCUT2D eigenvalue weighted by atomic mass is 35.5. The highest BCUT2D eigenvalue weighted by Gasteiger charge is 2.26. The van der Waals surface area contributed by atoms with Crippen molar-refractivity contribution in [3.05, 3.63) is 35.9 Å². The Labute approximate surface area is 158 Å². The summed E-state index contributed by atoms with van der Waals surface area (Å²) >= 11 is 0. The Morgan fingerprint density at radius 1 is 1.08 bits per heavy atom. The quantitative estimate of drug-likeness (QED) is 0.879. The van der Waals surface area contributed by atoms with Crippen LogP contribution in [0.1, 0.15) is 38.8 Å². The number of carbonyl (C=O) groups excluding carboxylic acids is 1. The number of halogens is 2. The molecule has 1 aromatic rings. The summed E-state index contributed by atoms with van der Waals surface area (Å²) < 4.78 is 0. The summed E-state index contributed by atoms with van der Waals surface area (Å²) in [4.78, 5) is 16.9. The first-order valence-electron chi connectivity index (χ1n) is 8.18. The molecule has 0 spiro atoms. The smallest absolute Gasteiger partial charge is 0.244 e. The van der Waals surface area contributed by atoms with Crippen LogP contribution in [0.25, 0.3) is 0 Å². The molecule has 0 radical (unpaired) electrons. The molecule has 0 bridgehead atoms. The second-order valence-electron chi connectivity index (χ2n) is 7.37. The van der Waals surface area contributed by atoms with Crippen LogP contribution in [0.15, 0.2) is 30.3 Å². The van der Waals surface area contributed by atoms with Gasteiger partial charge >= 0.3 is 0 Å². The summed E-state index contributed by atoms with van der Waals surface area (Å²) in [5.41, 5.74) is 7.37. The van der Waals surface area contributed by atoms with Crippen LogP contribution in [0.4, 0.5) is 0 Å². The van der Waals surface area contributed by atoms with Gasteiger partial charge in [0.25, 0.3) is 0 Å². The van der Waals surface area contributed by atoms with Crippen LogP contribution >= 0.6 is 24.8 Å². The van der Waals surface area contributed by atoms with Crippen molar-refractivity contribution in [1.29, 1.82) is 0 Å². The van der Waals surface area contributed by atoms with Gasteiger partial charge in [-0.2, -0.15) is 0 Å². The highest BCUT2D eigenvalue weighted by Crippen LogP contribution is 2.20. The molecule has 2 rings (SSSR count). The van der Waals surface area contributed by atoms with Gasteiger partial charge in [-0.1, -0.05) is 51.1 Å². The van der Waals surface area contributed by atoms with Crippen LogP contribution in [0.3, 0.4) is 0 Å². The normalized spacial score (nSPS) is 16.8. The van der Waals surface area contributed by atoms with Gasteiger partial charge in [0.1, 0.15) is 6.04 Å². The number of hydrogen-bond donors (Lipinski definition) is 1. The van der Waals surface area contributed by atoms with E-state index < -0.39 is 6.04 Å². The van der Waals surface area contributed by atoms with E-state index in [1.165, 1.54) is 6.42 Å². The molecule has 1 aromatic carbocycles. The Morgan fingerprint density at radius 3 is 2.12 bits per heavy atom. The van der Waals surface area contributed by atoms with E-state index in [1.807, 2.05) is 35.2 Å². The van der Waals surface area contributed by atoms with E-state index in [0.717, 1.165) is 38.3 Å². The maximum atomic E-state index is 12.5. The summed E-state index contributed by atoms with van der Waals surface area (Å²) in [5, 5.41) is 0. The fourth-order valence-corrected chi connectivity index (χ4v) is 2.69. The molecule has 4 nitrogen and oxygen atoms in total. The molecule has 24 heavy (non-hydrogen) atoms. The Morgan fingerprint density at radius 2 is 1.62 bits per heavy atom. The molecule has 1 heterocycles. The van der Waals surface area contributed by atoms with E-state index in [0.29, 0.717) is 5.41 Å². The molecule has 6 heteroatoms. The van der Waals surface area contributed by atoms with Crippen molar-refractivity contribution in [2.75, 3.05) is 32.7 Å². The summed E-state index contributed by atoms with van der Waals surface area (Å²) in [7, 11) is 0. The first-order valence-corrected chi connectivity index (χ1v) is 8.18. The zero-order valence-corrected chi connectivity index (χ0v) is 16.5. The van der Waals surface area contributed by atoms with E-state index in [2.05, 4.69) is 25.7 Å². The maximum absolute atomic E-state index is 12.5. The molecule has 1 unspecified atom stereocenters. The Balaban J connectivity index is 0.00000264. The Kier molecular flexibility index (Phi) is 9.90. The average molecular weight is 376 g/mol. The second-order valence-corrected chi connectivity index (χ2v) is 7.37. The van der Waals surface area contributed by atoms with Crippen LogP contribution in [0.2, 0.25) is 0 Å². The van der Waals surface area contributed by atoms with Gasteiger partial charge in [-0.3, -0.25) is 9.69 Å². The lowest BCUT2D eigenvalue weighted by atomic mass is 9.92. The lowest BCUT2D eigenvalue weighted by Crippen LogP contribution is -2.51. The van der Waals surface area contributed by atoms with Gasteiger partial charge in [0.05, 0.1) is 0 Å². The number of carbonyl (C=O) groups is 1. The predicted molar refractivity (Wildman–Crippen MR) is 105 cm³/mol. The van der Waals surface area contributed by atoms with Gasteiger partial charge in [0, 0.05) is 26.2 Å². The largest absolute Gasteiger partial charge is 0.338 e. The third-order valence-electron chi connectivity index (χ3n) is 4.29.